The highest BCUT2D eigenvalue weighted by Crippen LogP contribution is 2.16. The van der Waals surface area contributed by atoms with Gasteiger partial charge in [0.15, 0.2) is 5.78 Å². The van der Waals surface area contributed by atoms with Crippen molar-refractivity contribution >= 4 is 5.78 Å². The second-order valence-corrected chi connectivity index (χ2v) is 7.78. The van der Waals surface area contributed by atoms with Crippen LogP contribution in [0.4, 0.5) is 0 Å². The Bertz CT molecular complexity index is 744. The van der Waals surface area contributed by atoms with Crippen molar-refractivity contribution in [3.63, 3.8) is 0 Å². The fourth-order valence-corrected chi connectivity index (χ4v) is 3.30. The van der Waals surface area contributed by atoms with Gasteiger partial charge in [-0.3, -0.25) is 4.79 Å². The van der Waals surface area contributed by atoms with E-state index in [1.54, 1.807) is 0 Å². The lowest BCUT2D eigenvalue weighted by Gasteiger charge is -2.18. The number of nitrogens with one attached hydrogen (secondary N) is 1. The Morgan fingerprint density at radius 3 is 2.37 bits per heavy atom. The summed E-state index contributed by atoms with van der Waals surface area (Å²) in [5.41, 5.74) is 1.57. The zero-order chi connectivity index (χ0) is 20.5. The maximum absolute atomic E-state index is 12.5. The second kappa shape index (κ2) is 14.4. The van der Waals surface area contributed by atoms with E-state index in [2.05, 4.69) is 14.1 Å². The average Bonchev–Trinajstić information content (AvgIpc) is 2.67. The maximum atomic E-state index is 12.5. The lowest BCUT2D eigenvalue weighted by Crippen LogP contribution is -3.07. The smallest absolute Gasteiger partial charge is 0.168 e. The van der Waals surface area contributed by atoms with Crippen LogP contribution in [0.3, 0.4) is 0 Å². The quantitative estimate of drug-likeness (QED) is 0.296. The maximum Gasteiger partial charge on any atom is 0.168 e. The summed E-state index contributed by atoms with van der Waals surface area (Å²) >= 11 is 0. The molecule has 3 unspecified atom stereocenters. The van der Waals surface area contributed by atoms with Crippen LogP contribution in [-0.2, 0) is 0 Å². The summed E-state index contributed by atoms with van der Waals surface area (Å²) < 4.78 is 5.93. The molecule has 4 N–H and O–H groups in total. The summed E-state index contributed by atoms with van der Waals surface area (Å²) in [5.74, 6) is 0.824. The Balaban J connectivity index is 0.00000420. The molecule has 0 fully saturated rings. The number of ketones is 1. The second-order valence-electron chi connectivity index (χ2n) is 7.78. The lowest BCUT2D eigenvalue weighted by atomic mass is 10.0. The van der Waals surface area contributed by atoms with Crippen LogP contribution in [0.25, 0.3) is 0 Å². The molecule has 3 atom stereocenters. The van der Waals surface area contributed by atoms with Gasteiger partial charge in [-0.2, -0.15) is 0 Å². The van der Waals surface area contributed by atoms with Crippen LogP contribution in [0.15, 0.2) is 54.6 Å². The van der Waals surface area contributed by atoms with E-state index in [1.165, 1.54) is 4.90 Å². The number of quaternary nitrogens is 2. The van der Waals surface area contributed by atoms with E-state index in [1.807, 2.05) is 73.8 Å². The SMILES string of the molecule is CC(C[NH+](C)C)Oc1cccc(C(=O)CC[NH2+]C(C)C(O)c2ccccc2)c1.[Cl-].[Cl-]. The molecule has 0 saturated heterocycles. The zero-order valence-electron chi connectivity index (χ0n) is 18.1. The first-order chi connectivity index (χ1) is 13.4. The number of aliphatic hydroxyl groups excluding tert-OH is 1. The number of carbonyl (C=O) groups excluding carboxylic acids is 1. The zero-order valence-corrected chi connectivity index (χ0v) is 19.7. The van der Waals surface area contributed by atoms with Crippen molar-refractivity contribution < 1.29 is 49.7 Å². The molecule has 7 heteroatoms. The Morgan fingerprint density at radius 2 is 1.73 bits per heavy atom. The molecule has 0 radical (unpaired) electrons. The predicted molar refractivity (Wildman–Crippen MR) is 111 cm³/mol. The molecule has 168 valence electrons. The molecular weight excluding hydrogens is 423 g/mol. The van der Waals surface area contributed by atoms with Gasteiger partial charge in [0.2, 0.25) is 0 Å². The van der Waals surface area contributed by atoms with Crippen molar-refractivity contribution in [3.8, 4) is 5.75 Å². The third-order valence-electron chi connectivity index (χ3n) is 4.74. The largest absolute Gasteiger partial charge is 1.00 e. The first-order valence-corrected chi connectivity index (χ1v) is 10.0. The van der Waals surface area contributed by atoms with Gasteiger partial charge in [-0.15, -0.1) is 0 Å². The minimum Gasteiger partial charge on any atom is -1.00 e. The van der Waals surface area contributed by atoms with E-state index < -0.39 is 6.10 Å². The van der Waals surface area contributed by atoms with Crippen LogP contribution in [0, 0.1) is 0 Å². The molecule has 0 aromatic heterocycles. The number of hydrogen-bond acceptors (Lipinski definition) is 3. The van der Waals surface area contributed by atoms with E-state index >= 15 is 0 Å². The molecule has 0 spiro atoms. The number of hydrogen-bond donors (Lipinski definition) is 3. The van der Waals surface area contributed by atoms with Gasteiger partial charge in [-0.1, -0.05) is 42.5 Å². The Labute approximate surface area is 192 Å². The fraction of sp³-hybridized carbons (Fsp3) is 0.435. The first kappa shape index (κ1) is 28.4. The van der Waals surface area contributed by atoms with Gasteiger partial charge in [0.25, 0.3) is 0 Å². The minimum atomic E-state index is -0.548. The molecule has 5 nitrogen and oxygen atoms in total. The number of carbonyl (C=O) groups is 1. The number of halogens is 2. The lowest BCUT2D eigenvalue weighted by molar-refractivity contribution is -0.861. The minimum absolute atomic E-state index is 0. The van der Waals surface area contributed by atoms with Crippen LogP contribution in [0.1, 0.15) is 42.3 Å². The summed E-state index contributed by atoms with van der Waals surface area (Å²) in [6.07, 6.45) is -0.0375. The molecule has 0 aliphatic carbocycles. The average molecular weight is 457 g/mol. The molecule has 0 amide bonds. The number of ether oxygens (including phenoxy) is 1. The van der Waals surface area contributed by atoms with Crippen LogP contribution in [0.5, 0.6) is 5.75 Å². The Kier molecular flexibility index (Phi) is 13.6. The van der Waals surface area contributed by atoms with Gasteiger partial charge in [-0.25, -0.2) is 0 Å². The molecule has 0 aliphatic rings. The van der Waals surface area contributed by atoms with Gasteiger partial charge < -0.3 is 44.9 Å². The van der Waals surface area contributed by atoms with Gasteiger partial charge >= 0.3 is 0 Å². The third-order valence-corrected chi connectivity index (χ3v) is 4.74. The number of aliphatic hydroxyl groups is 1. The van der Waals surface area contributed by atoms with Crippen molar-refractivity contribution in [1.29, 1.82) is 0 Å². The van der Waals surface area contributed by atoms with E-state index in [0.717, 1.165) is 17.9 Å². The van der Waals surface area contributed by atoms with Gasteiger partial charge in [0, 0.05) is 5.56 Å². The Morgan fingerprint density at radius 1 is 1.07 bits per heavy atom. The van der Waals surface area contributed by atoms with E-state index in [4.69, 9.17) is 4.74 Å². The van der Waals surface area contributed by atoms with Gasteiger partial charge in [-0.05, 0) is 31.5 Å². The molecule has 0 bridgehead atoms. The molecule has 30 heavy (non-hydrogen) atoms. The topological polar surface area (TPSA) is 67.6 Å². The highest BCUT2D eigenvalue weighted by Gasteiger charge is 2.19. The summed E-state index contributed by atoms with van der Waals surface area (Å²) in [7, 11) is 4.18. The Hall–Kier alpha value is -1.63. The van der Waals surface area contributed by atoms with Crippen LogP contribution in [0.2, 0.25) is 0 Å². The number of benzene rings is 2. The third kappa shape index (κ3) is 9.45. The number of nitrogens with two attached hydrogens (primary N) is 1. The monoisotopic (exact) mass is 456 g/mol. The predicted octanol–water partition coefficient (Wildman–Crippen LogP) is -5.14. The molecular formula is C23H34Cl2N2O3. The van der Waals surface area contributed by atoms with E-state index in [9.17, 15) is 9.90 Å². The molecule has 0 saturated carbocycles. The van der Waals surface area contributed by atoms with Crippen molar-refractivity contribution in [2.75, 3.05) is 27.2 Å². The fourth-order valence-electron chi connectivity index (χ4n) is 3.30. The van der Waals surface area contributed by atoms with Crippen LogP contribution in [-0.4, -0.2) is 50.2 Å². The number of likely N-dealkylation sites (N-methyl/N-ethyl adjacent to an activating group) is 1. The summed E-state index contributed by atoms with van der Waals surface area (Å²) in [5, 5.41) is 12.4. The molecule has 0 heterocycles. The summed E-state index contributed by atoms with van der Waals surface area (Å²) in [6, 6.07) is 17.0. The number of rotatable bonds is 11. The van der Waals surface area contributed by atoms with Crippen molar-refractivity contribution in [3.05, 3.63) is 65.7 Å². The first-order valence-electron chi connectivity index (χ1n) is 10.0. The molecule has 2 aromatic rings. The van der Waals surface area contributed by atoms with Gasteiger partial charge in [0.05, 0.1) is 27.1 Å². The standard InChI is InChI=1S/C23H32N2O3.2ClH/c1-17(16-25(3)4)28-21-12-8-11-20(15-21)22(26)13-14-24-18(2)23(27)19-9-6-5-7-10-19;;/h5-12,15,17-18,23-24,27H,13-14,16H2,1-4H3;2*1H. The number of Topliss-reactive ketones (excluding diaryl/α,β-unsaturated/α-hetero) is 1. The van der Waals surface area contributed by atoms with E-state index in [-0.39, 0.29) is 42.7 Å². The summed E-state index contributed by atoms with van der Waals surface area (Å²) in [4.78, 5) is 13.9. The van der Waals surface area contributed by atoms with Crippen LogP contribution >= 0.6 is 0 Å². The molecule has 2 aromatic carbocycles. The van der Waals surface area contributed by atoms with Crippen molar-refractivity contribution in [2.45, 2.75) is 38.5 Å². The van der Waals surface area contributed by atoms with Crippen LogP contribution < -0.4 is 39.8 Å². The highest BCUT2D eigenvalue weighted by molar-refractivity contribution is 5.96. The van der Waals surface area contributed by atoms with E-state index in [0.29, 0.717) is 18.5 Å². The summed E-state index contributed by atoms with van der Waals surface area (Å²) in [6.45, 7) is 5.55. The molecule has 2 rings (SSSR count). The van der Waals surface area contributed by atoms with Crippen molar-refractivity contribution in [1.82, 2.24) is 0 Å². The van der Waals surface area contributed by atoms with Crippen molar-refractivity contribution in [2.24, 2.45) is 0 Å². The van der Waals surface area contributed by atoms with Gasteiger partial charge in [0.1, 0.15) is 30.5 Å². The highest BCUT2D eigenvalue weighted by atomic mass is 35.5. The normalized spacial score (nSPS) is 13.5. The molecule has 0 aliphatic heterocycles.